The van der Waals surface area contributed by atoms with Crippen LogP contribution in [0.1, 0.15) is 40.0 Å². The fraction of sp³-hybridized carbons (Fsp3) is 0.857. The van der Waals surface area contributed by atoms with Crippen molar-refractivity contribution in [2.24, 2.45) is 5.92 Å². The van der Waals surface area contributed by atoms with Crippen LogP contribution in [0.4, 0.5) is 0 Å². The Hall–Kier alpha value is -1.11. The van der Waals surface area contributed by atoms with Crippen LogP contribution in [0, 0.1) is 5.92 Å². The molecule has 120 valence electrons. The SMILES string of the molecule is CCC1C(=O)NC(C(C)C)C(=O)N1C1CCCS(=O)(=O)C1. The Balaban J connectivity index is 2.31. The fourth-order valence-corrected chi connectivity index (χ4v) is 4.92. The van der Waals surface area contributed by atoms with Gasteiger partial charge in [0.05, 0.1) is 11.5 Å². The molecule has 3 unspecified atom stereocenters. The topological polar surface area (TPSA) is 83.6 Å². The van der Waals surface area contributed by atoms with E-state index in [0.717, 1.165) is 0 Å². The molecule has 0 bridgehead atoms. The predicted octanol–water partition coefficient (Wildman–Crippen LogP) is 0.325. The van der Waals surface area contributed by atoms with E-state index in [1.807, 2.05) is 20.8 Å². The monoisotopic (exact) mass is 316 g/mol. The van der Waals surface area contributed by atoms with Gasteiger partial charge in [0.25, 0.3) is 0 Å². The van der Waals surface area contributed by atoms with Gasteiger partial charge in [-0.15, -0.1) is 0 Å². The number of hydrogen-bond donors (Lipinski definition) is 1. The van der Waals surface area contributed by atoms with Gasteiger partial charge in [-0.3, -0.25) is 9.59 Å². The maximum atomic E-state index is 12.7. The summed E-state index contributed by atoms with van der Waals surface area (Å²) in [4.78, 5) is 26.5. The van der Waals surface area contributed by atoms with Gasteiger partial charge in [-0.1, -0.05) is 20.8 Å². The molecule has 0 saturated carbocycles. The number of rotatable bonds is 3. The van der Waals surface area contributed by atoms with E-state index in [0.29, 0.717) is 19.3 Å². The predicted molar refractivity (Wildman–Crippen MR) is 79.4 cm³/mol. The average molecular weight is 316 g/mol. The second-order valence-corrected chi connectivity index (χ2v) is 8.54. The van der Waals surface area contributed by atoms with E-state index in [2.05, 4.69) is 5.32 Å². The molecule has 0 spiro atoms. The molecule has 2 aliphatic heterocycles. The van der Waals surface area contributed by atoms with Crippen molar-refractivity contribution in [3.8, 4) is 0 Å². The largest absolute Gasteiger partial charge is 0.342 e. The molecule has 21 heavy (non-hydrogen) atoms. The highest BCUT2D eigenvalue weighted by molar-refractivity contribution is 7.91. The summed E-state index contributed by atoms with van der Waals surface area (Å²) in [5.41, 5.74) is 0. The Kier molecular flexibility index (Phi) is 4.60. The number of sulfone groups is 1. The molecule has 0 aromatic rings. The van der Waals surface area contributed by atoms with Crippen molar-refractivity contribution in [2.45, 2.75) is 58.2 Å². The van der Waals surface area contributed by atoms with E-state index in [4.69, 9.17) is 0 Å². The van der Waals surface area contributed by atoms with Crippen LogP contribution in [0.5, 0.6) is 0 Å². The van der Waals surface area contributed by atoms with Crippen molar-refractivity contribution in [1.82, 2.24) is 10.2 Å². The van der Waals surface area contributed by atoms with Crippen LogP contribution in [0.2, 0.25) is 0 Å². The highest BCUT2D eigenvalue weighted by Gasteiger charge is 2.45. The van der Waals surface area contributed by atoms with Gasteiger partial charge in [0.2, 0.25) is 11.8 Å². The third kappa shape index (κ3) is 3.22. The summed E-state index contributed by atoms with van der Waals surface area (Å²) < 4.78 is 23.7. The molecule has 2 saturated heterocycles. The summed E-state index contributed by atoms with van der Waals surface area (Å²) in [6.07, 6.45) is 1.71. The summed E-state index contributed by atoms with van der Waals surface area (Å²) in [7, 11) is -3.12. The van der Waals surface area contributed by atoms with Crippen molar-refractivity contribution in [1.29, 1.82) is 0 Å². The first-order valence-electron chi connectivity index (χ1n) is 7.59. The lowest BCUT2D eigenvalue weighted by Crippen LogP contribution is -2.67. The van der Waals surface area contributed by atoms with Crippen LogP contribution in [-0.4, -0.2) is 54.8 Å². The molecule has 2 aliphatic rings. The van der Waals surface area contributed by atoms with Crippen LogP contribution < -0.4 is 5.32 Å². The van der Waals surface area contributed by atoms with Crippen molar-refractivity contribution >= 4 is 21.7 Å². The second kappa shape index (κ2) is 5.94. The first kappa shape index (κ1) is 16.3. The molecule has 2 fully saturated rings. The summed E-state index contributed by atoms with van der Waals surface area (Å²) >= 11 is 0. The first-order chi connectivity index (χ1) is 9.76. The van der Waals surface area contributed by atoms with Crippen molar-refractivity contribution < 1.29 is 18.0 Å². The molecule has 1 N–H and O–H groups in total. The third-order valence-corrected chi connectivity index (χ3v) is 6.15. The van der Waals surface area contributed by atoms with Crippen molar-refractivity contribution in [3.05, 3.63) is 0 Å². The van der Waals surface area contributed by atoms with E-state index >= 15 is 0 Å². The molecule has 2 amide bonds. The number of carbonyl (C=O) groups is 2. The van der Waals surface area contributed by atoms with Gasteiger partial charge in [-0.2, -0.15) is 0 Å². The van der Waals surface area contributed by atoms with Crippen molar-refractivity contribution in [2.75, 3.05) is 11.5 Å². The maximum absolute atomic E-state index is 12.7. The molecular weight excluding hydrogens is 292 g/mol. The zero-order chi connectivity index (χ0) is 15.8. The van der Waals surface area contributed by atoms with Gasteiger partial charge in [0.15, 0.2) is 9.84 Å². The Morgan fingerprint density at radius 1 is 1.33 bits per heavy atom. The Bertz CT molecular complexity index is 529. The lowest BCUT2D eigenvalue weighted by atomic mass is 9.94. The van der Waals surface area contributed by atoms with Gasteiger partial charge >= 0.3 is 0 Å². The van der Waals surface area contributed by atoms with E-state index in [-0.39, 0.29) is 35.3 Å². The van der Waals surface area contributed by atoms with Gasteiger partial charge in [0, 0.05) is 6.04 Å². The smallest absolute Gasteiger partial charge is 0.246 e. The normalized spacial score (nSPS) is 33.1. The maximum Gasteiger partial charge on any atom is 0.246 e. The summed E-state index contributed by atoms with van der Waals surface area (Å²) in [6.45, 7) is 5.60. The molecule has 2 rings (SSSR count). The minimum atomic E-state index is -3.12. The number of nitrogens with zero attached hydrogens (tertiary/aromatic N) is 1. The van der Waals surface area contributed by atoms with E-state index < -0.39 is 21.9 Å². The summed E-state index contributed by atoms with van der Waals surface area (Å²) in [6, 6.07) is -1.47. The molecule has 0 aromatic heterocycles. The highest BCUT2D eigenvalue weighted by atomic mass is 32.2. The molecule has 2 heterocycles. The highest BCUT2D eigenvalue weighted by Crippen LogP contribution is 2.26. The average Bonchev–Trinajstić information content (AvgIpc) is 2.38. The standard InChI is InChI=1S/C14H24N2O4S/c1-4-11-13(17)15-12(9(2)3)14(18)16(11)10-6-5-7-21(19,20)8-10/h9-12H,4-8H2,1-3H3,(H,15,17). The van der Waals surface area contributed by atoms with Crippen LogP contribution >= 0.6 is 0 Å². The Morgan fingerprint density at radius 2 is 2.00 bits per heavy atom. The van der Waals surface area contributed by atoms with E-state index in [1.165, 1.54) is 0 Å². The Morgan fingerprint density at radius 3 is 2.52 bits per heavy atom. The molecule has 3 atom stereocenters. The number of piperazine rings is 1. The number of carbonyl (C=O) groups excluding carboxylic acids is 2. The zero-order valence-electron chi connectivity index (χ0n) is 12.8. The molecular formula is C14H24N2O4S. The minimum Gasteiger partial charge on any atom is -0.342 e. The summed E-state index contributed by atoms with van der Waals surface area (Å²) in [5.74, 6) is -0.158. The van der Waals surface area contributed by atoms with Gasteiger partial charge in [0.1, 0.15) is 12.1 Å². The first-order valence-corrected chi connectivity index (χ1v) is 9.42. The van der Waals surface area contributed by atoms with Crippen molar-refractivity contribution in [3.63, 3.8) is 0 Å². The lowest BCUT2D eigenvalue weighted by molar-refractivity contribution is -0.153. The molecule has 0 radical (unpaired) electrons. The Labute approximate surface area is 126 Å². The molecule has 0 aromatic carbocycles. The zero-order valence-corrected chi connectivity index (χ0v) is 13.6. The van der Waals surface area contributed by atoms with Crippen LogP contribution in [0.25, 0.3) is 0 Å². The van der Waals surface area contributed by atoms with Gasteiger partial charge < -0.3 is 10.2 Å². The lowest BCUT2D eigenvalue weighted by Gasteiger charge is -2.45. The molecule has 7 heteroatoms. The molecule has 0 aliphatic carbocycles. The molecule has 6 nitrogen and oxygen atoms in total. The minimum absolute atomic E-state index is 0.0121. The van der Waals surface area contributed by atoms with Crippen LogP contribution in [-0.2, 0) is 19.4 Å². The third-order valence-electron chi connectivity index (χ3n) is 4.34. The van der Waals surface area contributed by atoms with Gasteiger partial charge in [-0.25, -0.2) is 8.42 Å². The van der Waals surface area contributed by atoms with E-state index in [1.54, 1.807) is 4.90 Å². The number of amides is 2. The quantitative estimate of drug-likeness (QED) is 0.813. The fourth-order valence-electron chi connectivity index (χ4n) is 3.24. The number of hydrogen-bond acceptors (Lipinski definition) is 4. The van der Waals surface area contributed by atoms with Crippen LogP contribution in [0.15, 0.2) is 0 Å². The summed E-state index contributed by atoms with van der Waals surface area (Å²) in [5, 5.41) is 2.78. The second-order valence-electron chi connectivity index (χ2n) is 6.31. The number of nitrogens with one attached hydrogen (secondary N) is 1. The van der Waals surface area contributed by atoms with Gasteiger partial charge in [-0.05, 0) is 25.2 Å². The van der Waals surface area contributed by atoms with E-state index in [9.17, 15) is 18.0 Å². The van der Waals surface area contributed by atoms with Crippen LogP contribution in [0.3, 0.4) is 0 Å².